The van der Waals surface area contributed by atoms with Crippen LogP contribution in [0.4, 0.5) is 5.69 Å². The molecule has 0 fully saturated rings. The van der Waals surface area contributed by atoms with Crippen molar-refractivity contribution in [3.63, 3.8) is 0 Å². The summed E-state index contributed by atoms with van der Waals surface area (Å²) in [5.74, 6) is 0.554. The smallest absolute Gasteiger partial charge is 0.271 e. The number of thioether (sulfide) groups is 1. The van der Waals surface area contributed by atoms with Gasteiger partial charge in [-0.05, 0) is 10.8 Å². The van der Waals surface area contributed by atoms with Gasteiger partial charge in [-0.1, -0.05) is 42.1 Å². The third-order valence-electron chi connectivity index (χ3n) is 3.15. The summed E-state index contributed by atoms with van der Waals surface area (Å²) in [7, 11) is 0. The van der Waals surface area contributed by atoms with Crippen molar-refractivity contribution in [1.82, 2.24) is 9.97 Å². The van der Waals surface area contributed by atoms with Gasteiger partial charge in [0.15, 0.2) is 5.16 Å². The second kappa shape index (κ2) is 6.98. The Kier molecular flexibility index (Phi) is 4.59. The summed E-state index contributed by atoms with van der Waals surface area (Å²) in [5.41, 5.74) is 1.95. The Hall–Kier alpha value is -2.79. The molecule has 7 nitrogen and oxygen atoms in total. The molecule has 0 bridgehead atoms. The molecule has 0 radical (unpaired) electrons. The summed E-state index contributed by atoms with van der Waals surface area (Å²) < 4.78 is 0. The van der Waals surface area contributed by atoms with E-state index in [4.69, 9.17) is 6.57 Å². The highest BCUT2D eigenvalue weighted by atomic mass is 32.2. The van der Waals surface area contributed by atoms with Crippen molar-refractivity contribution in [3.8, 4) is 0 Å². The third-order valence-corrected chi connectivity index (χ3v) is 4.09. The van der Waals surface area contributed by atoms with Crippen LogP contribution >= 0.6 is 11.8 Å². The second-order valence-corrected chi connectivity index (χ2v) is 5.75. The standard InChI is InChI=1S/C15H12N6OS/c1-16-13-12(7-10-5-3-2-4-6-10)18-15(19-14(13)22)23-9-11-8-17-21-20-11/h2-6H,7-9H2,(H,18,19,22). The predicted molar refractivity (Wildman–Crippen MR) is 88.2 cm³/mol. The third kappa shape index (κ3) is 3.70. The highest BCUT2D eigenvalue weighted by Crippen LogP contribution is 2.20. The van der Waals surface area contributed by atoms with Gasteiger partial charge in [0.25, 0.3) is 11.2 Å². The Morgan fingerprint density at radius 3 is 2.83 bits per heavy atom. The van der Waals surface area contributed by atoms with Crippen molar-refractivity contribution < 1.29 is 0 Å². The van der Waals surface area contributed by atoms with E-state index in [1.807, 2.05) is 30.3 Å². The van der Waals surface area contributed by atoms with Crippen molar-refractivity contribution in [3.05, 3.63) is 63.4 Å². The fraction of sp³-hybridized carbons (Fsp3) is 0.200. The molecular weight excluding hydrogens is 312 g/mol. The molecule has 114 valence electrons. The first-order chi connectivity index (χ1) is 11.3. The molecule has 1 N–H and O–H groups in total. The van der Waals surface area contributed by atoms with Gasteiger partial charge in [0.05, 0.1) is 18.0 Å². The minimum atomic E-state index is -0.411. The number of nitrogens with zero attached hydrogens (tertiary/aromatic N) is 5. The fourth-order valence-corrected chi connectivity index (χ4v) is 2.84. The fourth-order valence-electron chi connectivity index (χ4n) is 2.05. The van der Waals surface area contributed by atoms with Gasteiger partial charge in [-0.15, -0.1) is 5.10 Å². The number of benzene rings is 1. The minimum Gasteiger partial charge on any atom is -0.311 e. The molecule has 1 aliphatic heterocycles. The average Bonchev–Trinajstić information content (AvgIpc) is 3.07. The van der Waals surface area contributed by atoms with Gasteiger partial charge in [-0.25, -0.2) is 9.83 Å². The molecule has 1 aromatic carbocycles. The van der Waals surface area contributed by atoms with E-state index in [9.17, 15) is 4.79 Å². The van der Waals surface area contributed by atoms with Gasteiger partial charge < -0.3 is 4.98 Å². The molecule has 0 unspecified atom stereocenters. The van der Waals surface area contributed by atoms with Gasteiger partial charge in [0.2, 0.25) is 0 Å². The highest BCUT2D eigenvalue weighted by molar-refractivity contribution is 7.99. The van der Waals surface area contributed by atoms with Crippen LogP contribution in [0.2, 0.25) is 0 Å². The highest BCUT2D eigenvalue weighted by Gasteiger charge is 2.14. The number of aromatic amines is 1. The van der Waals surface area contributed by atoms with Crippen LogP contribution in [-0.2, 0) is 6.42 Å². The Balaban J connectivity index is 1.84. The van der Waals surface area contributed by atoms with E-state index < -0.39 is 5.56 Å². The van der Waals surface area contributed by atoms with Crippen molar-refractivity contribution in [1.29, 1.82) is 0 Å². The molecule has 0 saturated carbocycles. The number of nitrogens with one attached hydrogen (secondary N) is 1. The quantitative estimate of drug-likeness (QED) is 0.521. The monoisotopic (exact) mass is 324 g/mol. The zero-order valence-corrected chi connectivity index (χ0v) is 12.9. The van der Waals surface area contributed by atoms with E-state index in [-0.39, 0.29) is 5.69 Å². The van der Waals surface area contributed by atoms with Gasteiger partial charge in [-0.2, -0.15) is 5.11 Å². The lowest BCUT2D eigenvalue weighted by atomic mass is 10.1. The lowest BCUT2D eigenvalue weighted by Gasteiger charge is -2.06. The molecular formula is C15H12N6OS. The molecule has 23 heavy (non-hydrogen) atoms. The summed E-state index contributed by atoms with van der Waals surface area (Å²) in [6.07, 6.45) is 0.446. The van der Waals surface area contributed by atoms with Crippen LogP contribution in [0, 0.1) is 6.57 Å². The van der Waals surface area contributed by atoms with Crippen LogP contribution in [0.3, 0.4) is 0 Å². The van der Waals surface area contributed by atoms with Crippen LogP contribution in [-0.4, -0.2) is 28.0 Å². The van der Waals surface area contributed by atoms with E-state index in [0.29, 0.717) is 29.6 Å². The van der Waals surface area contributed by atoms with Crippen LogP contribution in [0.5, 0.6) is 0 Å². The van der Waals surface area contributed by atoms with E-state index in [0.717, 1.165) is 11.3 Å². The molecule has 0 amide bonds. The van der Waals surface area contributed by atoms with Crippen LogP contribution < -0.4 is 5.56 Å². The normalized spacial score (nSPS) is 12.9. The lowest BCUT2D eigenvalue weighted by molar-refractivity contribution is 0.890. The summed E-state index contributed by atoms with van der Waals surface area (Å²) in [5, 5.41) is 11.7. The number of aromatic nitrogens is 2. The Morgan fingerprint density at radius 1 is 1.30 bits per heavy atom. The van der Waals surface area contributed by atoms with E-state index in [1.165, 1.54) is 11.8 Å². The van der Waals surface area contributed by atoms with Crippen molar-refractivity contribution in [2.45, 2.75) is 11.6 Å². The lowest BCUT2D eigenvalue weighted by Crippen LogP contribution is -2.13. The Morgan fingerprint density at radius 2 is 2.13 bits per heavy atom. The Labute approximate surface area is 136 Å². The van der Waals surface area contributed by atoms with Gasteiger partial charge in [0, 0.05) is 12.2 Å². The zero-order chi connectivity index (χ0) is 16.1. The number of rotatable bonds is 5. The largest absolute Gasteiger partial charge is 0.311 e. The SMILES string of the molecule is [C-]#[N+]c1c(Cc2ccccc2)nc(SCC2=NN=NC2)[nH]c1=O. The van der Waals surface area contributed by atoms with E-state index in [1.54, 1.807) is 0 Å². The van der Waals surface area contributed by atoms with Crippen LogP contribution in [0.15, 0.2) is 55.7 Å². The Bertz CT molecular complexity index is 866. The maximum absolute atomic E-state index is 12.1. The molecule has 2 heterocycles. The van der Waals surface area contributed by atoms with Crippen molar-refractivity contribution in [2.24, 2.45) is 15.4 Å². The molecule has 0 aliphatic carbocycles. The first kappa shape index (κ1) is 15.1. The van der Waals surface area contributed by atoms with Gasteiger partial charge in [-0.3, -0.25) is 4.79 Å². The summed E-state index contributed by atoms with van der Waals surface area (Å²) >= 11 is 1.36. The van der Waals surface area contributed by atoms with Gasteiger partial charge in [0.1, 0.15) is 6.54 Å². The molecule has 1 aliphatic rings. The average molecular weight is 324 g/mol. The topological polar surface area (TPSA) is 87.2 Å². The molecule has 0 saturated heterocycles. The van der Waals surface area contributed by atoms with Gasteiger partial charge >= 0.3 is 0 Å². The molecule has 8 heteroatoms. The maximum atomic E-state index is 12.1. The number of H-pyrrole nitrogens is 1. The van der Waals surface area contributed by atoms with Crippen molar-refractivity contribution in [2.75, 3.05) is 12.3 Å². The molecule has 0 atom stereocenters. The number of hydrogen-bond acceptors (Lipinski definition) is 6. The number of hydrogen-bond donors (Lipinski definition) is 1. The van der Waals surface area contributed by atoms with E-state index >= 15 is 0 Å². The summed E-state index contributed by atoms with van der Waals surface area (Å²) in [6, 6.07) is 9.64. The van der Waals surface area contributed by atoms with Crippen LogP contribution in [0.1, 0.15) is 11.3 Å². The van der Waals surface area contributed by atoms with Crippen molar-refractivity contribution >= 4 is 23.2 Å². The predicted octanol–water partition coefficient (Wildman–Crippen LogP) is 2.83. The zero-order valence-electron chi connectivity index (χ0n) is 12.1. The van der Waals surface area contributed by atoms with E-state index in [2.05, 4.69) is 30.3 Å². The molecule has 0 spiro atoms. The van der Waals surface area contributed by atoms with Crippen LogP contribution in [0.25, 0.3) is 4.85 Å². The molecule has 3 rings (SSSR count). The first-order valence-corrected chi connectivity index (χ1v) is 7.84. The minimum absolute atomic E-state index is 0.0430. The first-order valence-electron chi connectivity index (χ1n) is 6.86. The summed E-state index contributed by atoms with van der Waals surface area (Å²) in [4.78, 5) is 22.5. The summed E-state index contributed by atoms with van der Waals surface area (Å²) in [6.45, 7) is 7.69. The maximum Gasteiger partial charge on any atom is 0.271 e. The molecule has 2 aromatic rings. The molecule has 1 aromatic heterocycles. The second-order valence-electron chi connectivity index (χ2n) is 4.78.